The largest absolute Gasteiger partial charge is 0.573 e. The van der Waals surface area contributed by atoms with Gasteiger partial charge in [-0.1, -0.05) is 54.6 Å². The Morgan fingerprint density at radius 1 is 0.923 bits per heavy atom. The number of H-pyrrole nitrogens is 1. The molecule has 0 spiro atoms. The Morgan fingerprint density at radius 2 is 1.59 bits per heavy atom. The van der Waals surface area contributed by atoms with Crippen molar-refractivity contribution >= 4 is 11.8 Å². The van der Waals surface area contributed by atoms with E-state index in [2.05, 4.69) is 15.0 Å². The van der Waals surface area contributed by atoms with Gasteiger partial charge in [-0.25, -0.2) is 4.79 Å². The van der Waals surface area contributed by atoms with Gasteiger partial charge in [0.2, 0.25) is 5.91 Å². The molecule has 1 heterocycles. The lowest BCUT2D eigenvalue weighted by atomic mass is 10.0. The Hall–Kier alpha value is -5.13. The monoisotopic (exact) mass is 538 g/mol. The summed E-state index contributed by atoms with van der Waals surface area (Å²) in [5, 5.41) is 2.39. The first-order valence-electron chi connectivity index (χ1n) is 11.5. The number of nitrogens with one attached hydrogen (secondary N) is 2. The highest BCUT2D eigenvalue weighted by Gasteiger charge is 2.32. The average molecular weight is 538 g/mol. The molecule has 0 fully saturated rings. The first kappa shape index (κ1) is 26.9. The number of carbonyl (C=O) groups is 2. The second-order valence-corrected chi connectivity index (χ2v) is 8.39. The van der Waals surface area contributed by atoms with Crippen molar-refractivity contribution in [1.82, 2.24) is 14.9 Å². The van der Waals surface area contributed by atoms with Gasteiger partial charge in [0.05, 0.1) is 6.54 Å². The van der Waals surface area contributed by atoms with Crippen LogP contribution in [0.1, 0.15) is 32.0 Å². The van der Waals surface area contributed by atoms with Crippen LogP contribution in [-0.2, 0) is 13.1 Å². The lowest BCUT2D eigenvalue weighted by Crippen LogP contribution is -2.38. The molecule has 0 atom stereocenters. The number of halogens is 3. The van der Waals surface area contributed by atoms with Crippen LogP contribution in [-0.4, -0.2) is 27.7 Å². The summed E-state index contributed by atoms with van der Waals surface area (Å²) in [5.74, 6) is -2.09. The summed E-state index contributed by atoms with van der Waals surface area (Å²) in [6, 6.07) is 19.6. The second kappa shape index (κ2) is 11.1. The molecule has 12 heteroatoms. The maximum absolute atomic E-state index is 13.1. The number of carbonyl (C=O) groups excluding carboxylic acids is 2. The third-order valence-electron chi connectivity index (χ3n) is 5.68. The van der Waals surface area contributed by atoms with Crippen molar-refractivity contribution in [3.63, 3.8) is 0 Å². The van der Waals surface area contributed by atoms with Gasteiger partial charge in [-0.05, 0) is 34.9 Å². The highest BCUT2D eigenvalue weighted by Crippen LogP contribution is 2.31. The molecule has 9 nitrogen and oxygen atoms in total. The number of aromatic amines is 1. The van der Waals surface area contributed by atoms with Gasteiger partial charge in [0.1, 0.15) is 11.4 Å². The highest BCUT2D eigenvalue weighted by atomic mass is 19.4. The molecule has 0 aliphatic carbocycles. The van der Waals surface area contributed by atoms with Crippen LogP contribution in [0.25, 0.3) is 11.1 Å². The van der Waals surface area contributed by atoms with Gasteiger partial charge < -0.3 is 20.8 Å². The van der Waals surface area contributed by atoms with E-state index in [4.69, 9.17) is 5.73 Å². The van der Waals surface area contributed by atoms with Crippen molar-refractivity contribution in [3.8, 4) is 16.9 Å². The lowest BCUT2D eigenvalue weighted by Gasteiger charge is -2.16. The normalized spacial score (nSPS) is 11.2. The van der Waals surface area contributed by atoms with E-state index in [0.717, 1.165) is 16.7 Å². The van der Waals surface area contributed by atoms with Crippen LogP contribution >= 0.6 is 0 Å². The predicted molar refractivity (Wildman–Crippen MR) is 135 cm³/mol. The van der Waals surface area contributed by atoms with Gasteiger partial charge in [0, 0.05) is 23.7 Å². The number of benzene rings is 3. The summed E-state index contributed by atoms with van der Waals surface area (Å²) < 4.78 is 44.4. The zero-order valence-electron chi connectivity index (χ0n) is 20.1. The smallest absolute Gasteiger partial charge is 0.405 e. The van der Waals surface area contributed by atoms with Gasteiger partial charge in [-0.15, -0.1) is 13.2 Å². The molecule has 1 aromatic heterocycles. The molecule has 0 aliphatic rings. The standard InChI is InChI=1S/C27H21F3N4O5/c28-27(29,30)39-22-12-19(17-6-8-18(9-7-17)24(31)36)10-11-20(22)14-32-25(37)21-13-23(35)34(26(38)33-21)15-16-4-2-1-3-5-16/h1-13H,14-15H2,(H2,31,36)(H,32,37)(H,33,38). The second-order valence-electron chi connectivity index (χ2n) is 8.39. The Morgan fingerprint density at radius 3 is 2.21 bits per heavy atom. The van der Waals surface area contributed by atoms with Crippen LogP contribution < -0.4 is 27.0 Å². The van der Waals surface area contributed by atoms with E-state index in [1.807, 2.05) is 0 Å². The summed E-state index contributed by atoms with van der Waals surface area (Å²) in [5.41, 5.74) is 5.10. The number of primary amides is 1. The van der Waals surface area contributed by atoms with Gasteiger partial charge in [0.25, 0.3) is 11.5 Å². The molecule has 2 amide bonds. The molecular formula is C27H21F3N4O5. The number of hydrogen-bond donors (Lipinski definition) is 3. The minimum atomic E-state index is -5.01. The molecule has 4 aromatic rings. The Balaban J connectivity index is 1.54. The van der Waals surface area contributed by atoms with E-state index < -0.39 is 41.7 Å². The number of rotatable bonds is 8. The number of aromatic nitrogens is 2. The Kier molecular flexibility index (Phi) is 7.65. The van der Waals surface area contributed by atoms with E-state index in [-0.39, 0.29) is 23.4 Å². The molecular weight excluding hydrogens is 517 g/mol. The number of nitrogens with zero attached hydrogens (tertiary/aromatic N) is 1. The number of nitrogens with two attached hydrogens (primary N) is 1. The average Bonchev–Trinajstić information content (AvgIpc) is 2.89. The third-order valence-corrected chi connectivity index (χ3v) is 5.68. The fraction of sp³-hybridized carbons (Fsp3) is 0.111. The van der Waals surface area contributed by atoms with Crippen LogP contribution in [0.4, 0.5) is 13.2 Å². The van der Waals surface area contributed by atoms with Crippen molar-refractivity contribution in [2.24, 2.45) is 5.73 Å². The van der Waals surface area contributed by atoms with Crippen molar-refractivity contribution in [1.29, 1.82) is 0 Å². The molecule has 4 N–H and O–H groups in total. The molecule has 0 unspecified atom stereocenters. The van der Waals surface area contributed by atoms with Gasteiger partial charge in [-0.2, -0.15) is 0 Å². The van der Waals surface area contributed by atoms with Crippen LogP contribution in [0.3, 0.4) is 0 Å². The zero-order valence-corrected chi connectivity index (χ0v) is 20.1. The topological polar surface area (TPSA) is 136 Å². The van der Waals surface area contributed by atoms with Crippen LogP contribution in [0.15, 0.2) is 88.5 Å². The maximum Gasteiger partial charge on any atom is 0.573 e. The fourth-order valence-corrected chi connectivity index (χ4v) is 3.76. The van der Waals surface area contributed by atoms with E-state index in [1.54, 1.807) is 30.3 Å². The molecule has 200 valence electrons. The highest BCUT2D eigenvalue weighted by molar-refractivity contribution is 5.93. The summed E-state index contributed by atoms with van der Waals surface area (Å²) in [7, 11) is 0. The van der Waals surface area contributed by atoms with Gasteiger partial charge in [-0.3, -0.25) is 19.0 Å². The van der Waals surface area contributed by atoms with Crippen LogP contribution in [0.2, 0.25) is 0 Å². The van der Waals surface area contributed by atoms with Gasteiger partial charge >= 0.3 is 12.1 Å². The van der Waals surface area contributed by atoms with E-state index in [9.17, 15) is 32.3 Å². The number of hydrogen-bond acceptors (Lipinski definition) is 5. The first-order valence-corrected chi connectivity index (χ1v) is 11.5. The van der Waals surface area contributed by atoms with Crippen molar-refractivity contribution in [2.75, 3.05) is 0 Å². The number of ether oxygens (including phenoxy) is 1. The maximum atomic E-state index is 13.1. The Bertz CT molecular complexity index is 1600. The first-order chi connectivity index (χ1) is 18.5. The van der Waals surface area contributed by atoms with Crippen LogP contribution in [0, 0.1) is 0 Å². The predicted octanol–water partition coefficient (Wildman–Crippen LogP) is 3.18. The summed E-state index contributed by atoms with van der Waals surface area (Å²) in [4.78, 5) is 51.1. The molecule has 0 aliphatic heterocycles. The summed E-state index contributed by atoms with van der Waals surface area (Å²) >= 11 is 0. The lowest BCUT2D eigenvalue weighted by molar-refractivity contribution is -0.274. The van der Waals surface area contributed by atoms with Gasteiger partial charge in [0.15, 0.2) is 0 Å². The van der Waals surface area contributed by atoms with E-state index >= 15 is 0 Å². The van der Waals surface area contributed by atoms with Crippen LogP contribution in [0.5, 0.6) is 5.75 Å². The molecule has 0 saturated heterocycles. The summed E-state index contributed by atoms with van der Waals surface area (Å²) in [6.45, 7) is -0.410. The molecule has 39 heavy (non-hydrogen) atoms. The quantitative estimate of drug-likeness (QED) is 0.317. The molecule has 0 bridgehead atoms. The number of alkyl halides is 3. The zero-order chi connectivity index (χ0) is 28.2. The SMILES string of the molecule is NC(=O)c1ccc(-c2ccc(CNC(=O)c3cc(=O)n(Cc4ccccc4)c(=O)[nH]3)c(OC(F)(F)F)c2)cc1. The van der Waals surface area contributed by atoms with E-state index in [0.29, 0.717) is 16.7 Å². The molecule has 0 saturated carbocycles. The molecule has 0 radical (unpaired) electrons. The molecule has 3 aromatic carbocycles. The minimum absolute atomic E-state index is 0.00729. The fourth-order valence-electron chi connectivity index (χ4n) is 3.76. The summed E-state index contributed by atoms with van der Waals surface area (Å²) in [6.07, 6.45) is -5.01. The number of amides is 2. The van der Waals surface area contributed by atoms with Crippen molar-refractivity contribution < 1.29 is 27.5 Å². The van der Waals surface area contributed by atoms with E-state index in [1.165, 1.54) is 36.4 Å². The minimum Gasteiger partial charge on any atom is -0.405 e. The Labute approximate surface area is 218 Å². The van der Waals surface area contributed by atoms with Crippen molar-refractivity contribution in [2.45, 2.75) is 19.5 Å². The third kappa shape index (κ3) is 6.80. The molecule has 4 rings (SSSR count). The van der Waals surface area contributed by atoms with Crippen molar-refractivity contribution in [3.05, 3.63) is 122 Å².